The minimum Gasteiger partial charge on any atom is -0.468 e. The Morgan fingerprint density at radius 1 is 1.52 bits per heavy atom. The second-order valence-corrected chi connectivity index (χ2v) is 6.77. The number of amides is 2. The summed E-state index contributed by atoms with van der Waals surface area (Å²) in [4.78, 5) is 16.5. The molecule has 1 N–H and O–H groups in total. The molecule has 0 bridgehead atoms. The van der Waals surface area contributed by atoms with E-state index in [9.17, 15) is 4.79 Å². The van der Waals surface area contributed by atoms with Gasteiger partial charge >= 0.3 is 6.03 Å². The summed E-state index contributed by atoms with van der Waals surface area (Å²) in [6.07, 6.45) is 5.37. The predicted octanol–water partition coefficient (Wildman–Crippen LogP) is 1.60. The minimum atomic E-state index is -0.0368. The van der Waals surface area contributed by atoms with E-state index in [1.165, 1.54) is 0 Å². The van der Waals surface area contributed by atoms with Crippen molar-refractivity contribution in [2.45, 2.75) is 24.8 Å². The molecule has 136 valence electrons. The molecule has 1 aliphatic heterocycles. The van der Waals surface area contributed by atoms with E-state index in [0.717, 1.165) is 31.0 Å². The highest BCUT2D eigenvalue weighted by Crippen LogP contribution is 2.25. The molecule has 2 aromatic rings. The van der Waals surface area contributed by atoms with Gasteiger partial charge in [0, 0.05) is 32.6 Å². The number of nitrogens with zero attached hydrogens (tertiary/aromatic N) is 5. The number of furan rings is 1. The van der Waals surface area contributed by atoms with Crippen LogP contribution in [0.25, 0.3) is 0 Å². The highest BCUT2D eigenvalue weighted by Gasteiger charge is 2.28. The maximum absolute atomic E-state index is 12.6. The van der Waals surface area contributed by atoms with Gasteiger partial charge in [-0.3, -0.25) is 4.90 Å². The van der Waals surface area contributed by atoms with E-state index < -0.39 is 0 Å². The fraction of sp³-hybridized carbons (Fsp3) is 0.588. The smallest absolute Gasteiger partial charge is 0.317 e. The molecule has 0 saturated carbocycles. The normalized spacial score (nSPS) is 19.2. The van der Waals surface area contributed by atoms with Crippen molar-refractivity contribution in [2.24, 2.45) is 7.05 Å². The number of carbonyl (C=O) groups is 1. The van der Waals surface area contributed by atoms with Gasteiger partial charge in [-0.25, -0.2) is 4.79 Å². The Hall–Kier alpha value is -2.35. The van der Waals surface area contributed by atoms with Gasteiger partial charge in [0.25, 0.3) is 0 Å². The van der Waals surface area contributed by atoms with Crippen LogP contribution in [0.2, 0.25) is 0 Å². The molecule has 2 amide bonds. The Morgan fingerprint density at radius 2 is 2.36 bits per heavy atom. The Balaban J connectivity index is 1.58. The summed E-state index contributed by atoms with van der Waals surface area (Å²) >= 11 is 0. The van der Waals surface area contributed by atoms with Gasteiger partial charge in [-0.05, 0) is 39.1 Å². The lowest BCUT2D eigenvalue weighted by atomic mass is 9.97. The molecule has 3 heterocycles. The van der Waals surface area contributed by atoms with Crippen molar-refractivity contribution < 1.29 is 9.21 Å². The van der Waals surface area contributed by atoms with Gasteiger partial charge in [0.1, 0.15) is 17.9 Å². The lowest BCUT2D eigenvalue weighted by molar-refractivity contribution is 0.171. The summed E-state index contributed by atoms with van der Waals surface area (Å²) in [5.74, 6) is 2.03. The van der Waals surface area contributed by atoms with Crippen LogP contribution in [0.4, 0.5) is 4.79 Å². The molecule has 1 saturated heterocycles. The highest BCUT2D eigenvalue weighted by molar-refractivity contribution is 5.74. The van der Waals surface area contributed by atoms with Crippen molar-refractivity contribution in [3.05, 3.63) is 36.3 Å². The Labute approximate surface area is 147 Å². The largest absolute Gasteiger partial charge is 0.468 e. The standard InChI is InChI=1S/C17H26N6O2/c1-21(2)14(15-7-5-9-25-15)10-18-17(24)23-8-4-6-13(11-23)16-20-19-12-22(16)3/h5,7,9,12-14H,4,6,8,10-11H2,1-3H3,(H,18,24)/t13-,14-/m1/s1. The first-order valence-corrected chi connectivity index (χ1v) is 8.62. The van der Waals surface area contributed by atoms with Crippen LogP contribution in [0.3, 0.4) is 0 Å². The average molecular weight is 346 g/mol. The number of piperidine rings is 1. The monoisotopic (exact) mass is 346 g/mol. The maximum Gasteiger partial charge on any atom is 0.317 e. The first-order chi connectivity index (χ1) is 12.1. The minimum absolute atomic E-state index is 0.0123. The molecule has 0 spiro atoms. The number of aryl methyl sites for hydroxylation is 1. The topological polar surface area (TPSA) is 79.4 Å². The number of likely N-dealkylation sites (N-methyl/N-ethyl adjacent to an activating group) is 1. The fourth-order valence-corrected chi connectivity index (χ4v) is 3.35. The highest BCUT2D eigenvalue weighted by atomic mass is 16.3. The summed E-state index contributed by atoms with van der Waals surface area (Å²) in [7, 11) is 5.90. The molecule has 25 heavy (non-hydrogen) atoms. The number of rotatable bonds is 5. The van der Waals surface area contributed by atoms with Crippen LogP contribution in [0.15, 0.2) is 29.1 Å². The Bertz CT molecular complexity index is 681. The summed E-state index contributed by atoms with van der Waals surface area (Å²) in [6, 6.07) is 3.77. The van der Waals surface area contributed by atoms with E-state index in [1.807, 2.05) is 47.6 Å². The molecule has 2 atom stereocenters. The van der Waals surface area contributed by atoms with Crippen LogP contribution in [-0.2, 0) is 7.05 Å². The summed E-state index contributed by atoms with van der Waals surface area (Å²) in [5, 5.41) is 11.2. The van der Waals surface area contributed by atoms with Crippen LogP contribution in [0, 0.1) is 0 Å². The third kappa shape index (κ3) is 4.01. The van der Waals surface area contributed by atoms with Crippen molar-refractivity contribution >= 4 is 6.03 Å². The number of likely N-dealkylation sites (tertiary alicyclic amines) is 1. The van der Waals surface area contributed by atoms with Crippen molar-refractivity contribution in [3.63, 3.8) is 0 Å². The molecule has 8 heteroatoms. The van der Waals surface area contributed by atoms with Gasteiger partial charge in [-0.15, -0.1) is 10.2 Å². The third-order valence-corrected chi connectivity index (χ3v) is 4.76. The first kappa shape index (κ1) is 17.5. The molecular formula is C17H26N6O2. The van der Waals surface area contributed by atoms with E-state index in [4.69, 9.17) is 4.42 Å². The Kier molecular flexibility index (Phi) is 5.37. The molecular weight excluding hydrogens is 320 g/mol. The van der Waals surface area contributed by atoms with Gasteiger partial charge in [0.15, 0.2) is 0 Å². The SMILES string of the molecule is CN(C)[C@H](CNC(=O)N1CCC[C@@H](c2nncn2C)C1)c1ccco1. The molecule has 0 aromatic carbocycles. The summed E-state index contributed by atoms with van der Waals surface area (Å²) in [6.45, 7) is 1.95. The van der Waals surface area contributed by atoms with Crippen LogP contribution in [-0.4, -0.2) is 64.3 Å². The molecule has 2 aromatic heterocycles. The van der Waals surface area contributed by atoms with Crippen molar-refractivity contribution in [1.82, 2.24) is 29.9 Å². The van der Waals surface area contributed by atoms with Crippen molar-refractivity contribution in [3.8, 4) is 0 Å². The van der Waals surface area contributed by atoms with Crippen LogP contribution in [0.1, 0.15) is 36.4 Å². The van der Waals surface area contributed by atoms with Crippen LogP contribution < -0.4 is 5.32 Å². The Morgan fingerprint density at radius 3 is 3.00 bits per heavy atom. The number of hydrogen-bond acceptors (Lipinski definition) is 5. The van der Waals surface area contributed by atoms with E-state index in [2.05, 4.69) is 15.5 Å². The molecule has 0 radical (unpaired) electrons. The second-order valence-electron chi connectivity index (χ2n) is 6.77. The zero-order valence-electron chi connectivity index (χ0n) is 15.1. The van der Waals surface area contributed by atoms with Gasteiger partial charge < -0.3 is 19.2 Å². The lowest BCUT2D eigenvalue weighted by Gasteiger charge is -2.33. The van der Waals surface area contributed by atoms with E-state index in [0.29, 0.717) is 13.1 Å². The number of aromatic nitrogens is 3. The summed E-state index contributed by atoms with van der Waals surface area (Å²) < 4.78 is 7.42. The second kappa shape index (κ2) is 7.69. The maximum atomic E-state index is 12.6. The van der Waals surface area contributed by atoms with E-state index in [-0.39, 0.29) is 18.0 Å². The van der Waals surface area contributed by atoms with Crippen molar-refractivity contribution in [2.75, 3.05) is 33.7 Å². The van der Waals surface area contributed by atoms with Gasteiger partial charge in [-0.2, -0.15) is 0 Å². The number of hydrogen-bond donors (Lipinski definition) is 1. The molecule has 0 unspecified atom stereocenters. The van der Waals surface area contributed by atoms with Crippen molar-refractivity contribution in [1.29, 1.82) is 0 Å². The third-order valence-electron chi connectivity index (χ3n) is 4.76. The fourth-order valence-electron chi connectivity index (χ4n) is 3.35. The zero-order chi connectivity index (χ0) is 17.8. The van der Waals surface area contributed by atoms with Gasteiger partial charge in [-0.1, -0.05) is 0 Å². The average Bonchev–Trinajstić information content (AvgIpc) is 3.26. The first-order valence-electron chi connectivity index (χ1n) is 8.62. The molecule has 8 nitrogen and oxygen atoms in total. The van der Waals surface area contributed by atoms with Crippen LogP contribution in [0.5, 0.6) is 0 Å². The zero-order valence-corrected chi connectivity index (χ0v) is 15.1. The number of carbonyl (C=O) groups excluding carboxylic acids is 1. The summed E-state index contributed by atoms with van der Waals surface area (Å²) in [5.41, 5.74) is 0. The molecule has 0 aliphatic carbocycles. The quantitative estimate of drug-likeness (QED) is 0.889. The number of nitrogens with one attached hydrogen (secondary N) is 1. The van der Waals surface area contributed by atoms with Gasteiger partial charge in [0.2, 0.25) is 0 Å². The number of urea groups is 1. The predicted molar refractivity (Wildman–Crippen MR) is 93.1 cm³/mol. The lowest BCUT2D eigenvalue weighted by Crippen LogP contribution is -2.47. The van der Waals surface area contributed by atoms with Gasteiger partial charge in [0.05, 0.1) is 12.3 Å². The molecule has 3 rings (SSSR count). The van der Waals surface area contributed by atoms with Crippen LogP contribution >= 0.6 is 0 Å². The molecule has 1 aliphatic rings. The van der Waals surface area contributed by atoms with E-state index >= 15 is 0 Å². The van der Waals surface area contributed by atoms with E-state index in [1.54, 1.807) is 12.6 Å². The molecule has 1 fully saturated rings.